The first-order valence-corrected chi connectivity index (χ1v) is 9.63. The van der Waals surface area contributed by atoms with E-state index in [-0.39, 0.29) is 18.2 Å². The molecule has 0 radical (unpaired) electrons. The highest BCUT2D eigenvalue weighted by Gasteiger charge is 2.28. The summed E-state index contributed by atoms with van der Waals surface area (Å²) < 4.78 is 0. The average molecular weight is 345 g/mol. The molecule has 25 heavy (non-hydrogen) atoms. The van der Waals surface area contributed by atoms with Gasteiger partial charge in [0.2, 0.25) is 0 Å². The van der Waals surface area contributed by atoms with Crippen molar-refractivity contribution in [1.29, 1.82) is 0 Å². The summed E-state index contributed by atoms with van der Waals surface area (Å²) in [7, 11) is 0. The van der Waals surface area contributed by atoms with Crippen LogP contribution in [0, 0.1) is 5.92 Å². The van der Waals surface area contributed by atoms with E-state index in [1.807, 2.05) is 6.07 Å². The molecule has 1 aromatic carbocycles. The van der Waals surface area contributed by atoms with Crippen molar-refractivity contribution in [2.24, 2.45) is 5.92 Å². The molecule has 4 atom stereocenters. The summed E-state index contributed by atoms with van der Waals surface area (Å²) in [5, 5.41) is 15.8. The number of hydrogen-bond donors (Lipinski definition) is 3. The highest BCUT2D eigenvalue weighted by atomic mass is 16.3. The van der Waals surface area contributed by atoms with Gasteiger partial charge in [-0.25, -0.2) is 4.79 Å². The molecule has 3 N–H and O–H groups in total. The predicted molar refractivity (Wildman–Crippen MR) is 99.3 cm³/mol. The van der Waals surface area contributed by atoms with Crippen LogP contribution in [0.1, 0.15) is 50.6 Å². The van der Waals surface area contributed by atoms with E-state index in [0.29, 0.717) is 18.5 Å². The molecule has 1 saturated carbocycles. The fourth-order valence-corrected chi connectivity index (χ4v) is 4.12. The summed E-state index contributed by atoms with van der Waals surface area (Å²) in [6.45, 7) is 4.80. The number of amides is 2. The second-order valence-electron chi connectivity index (χ2n) is 7.61. The fraction of sp³-hybridized carbons (Fsp3) is 0.650. The highest BCUT2D eigenvalue weighted by molar-refractivity contribution is 5.74. The van der Waals surface area contributed by atoms with Gasteiger partial charge in [-0.3, -0.25) is 4.90 Å². The van der Waals surface area contributed by atoms with Crippen LogP contribution in [0.5, 0.6) is 0 Å². The molecular weight excluding hydrogens is 314 g/mol. The van der Waals surface area contributed by atoms with E-state index in [2.05, 4.69) is 46.7 Å². The van der Waals surface area contributed by atoms with Crippen LogP contribution < -0.4 is 10.6 Å². The average Bonchev–Trinajstić information content (AvgIpc) is 3.08. The zero-order valence-corrected chi connectivity index (χ0v) is 15.2. The highest BCUT2D eigenvalue weighted by Crippen LogP contribution is 2.25. The fourth-order valence-electron chi connectivity index (χ4n) is 4.12. The van der Waals surface area contributed by atoms with Crippen LogP contribution in [0.25, 0.3) is 0 Å². The van der Waals surface area contributed by atoms with Crippen molar-refractivity contribution in [3.8, 4) is 0 Å². The van der Waals surface area contributed by atoms with Crippen LogP contribution in [-0.4, -0.2) is 47.8 Å². The quantitative estimate of drug-likeness (QED) is 0.769. The van der Waals surface area contributed by atoms with Gasteiger partial charge in [0.15, 0.2) is 0 Å². The van der Waals surface area contributed by atoms with Gasteiger partial charge in [0.25, 0.3) is 0 Å². The molecule has 2 fully saturated rings. The smallest absolute Gasteiger partial charge is 0.315 e. The molecule has 0 spiro atoms. The second kappa shape index (κ2) is 8.68. The summed E-state index contributed by atoms with van der Waals surface area (Å²) in [5.74, 6) is 0.410. The molecule has 1 heterocycles. The summed E-state index contributed by atoms with van der Waals surface area (Å²) in [6, 6.07) is 11.0. The molecule has 1 saturated heterocycles. The van der Waals surface area contributed by atoms with E-state index in [0.717, 1.165) is 45.2 Å². The maximum atomic E-state index is 12.2. The summed E-state index contributed by atoms with van der Waals surface area (Å²) in [5.41, 5.74) is 1.32. The summed E-state index contributed by atoms with van der Waals surface area (Å²) in [4.78, 5) is 14.6. The lowest BCUT2D eigenvalue weighted by atomic mass is 9.87. The minimum absolute atomic E-state index is 0.0701. The number of aliphatic hydroxyl groups is 1. The molecule has 1 aliphatic carbocycles. The zero-order chi connectivity index (χ0) is 17.6. The van der Waals surface area contributed by atoms with Crippen molar-refractivity contribution in [2.75, 3.05) is 19.6 Å². The van der Waals surface area contributed by atoms with Gasteiger partial charge < -0.3 is 15.7 Å². The van der Waals surface area contributed by atoms with Crippen molar-refractivity contribution in [1.82, 2.24) is 15.5 Å². The number of rotatable bonds is 5. The van der Waals surface area contributed by atoms with Crippen LogP contribution >= 0.6 is 0 Å². The van der Waals surface area contributed by atoms with Crippen LogP contribution in [-0.2, 0) is 0 Å². The summed E-state index contributed by atoms with van der Waals surface area (Å²) >= 11 is 0. The Hall–Kier alpha value is -1.59. The Balaban J connectivity index is 1.39. The molecule has 138 valence electrons. The van der Waals surface area contributed by atoms with Gasteiger partial charge in [0, 0.05) is 31.7 Å². The molecule has 2 aliphatic rings. The molecular formula is C20H31N3O2. The Morgan fingerprint density at radius 2 is 2.08 bits per heavy atom. The van der Waals surface area contributed by atoms with Crippen LogP contribution in [0.2, 0.25) is 0 Å². The number of carbonyl (C=O) groups excluding carboxylic acids is 1. The van der Waals surface area contributed by atoms with Gasteiger partial charge >= 0.3 is 6.03 Å². The molecule has 2 amide bonds. The number of hydrogen-bond acceptors (Lipinski definition) is 3. The van der Waals surface area contributed by atoms with E-state index in [9.17, 15) is 9.90 Å². The molecule has 1 aliphatic heterocycles. The minimum atomic E-state index is -0.188. The maximum absolute atomic E-state index is 12.2. The third-order valence-corrected chi connectivity index (χ3v) is 5.69. The van der Waals surface area contributed by atoms with E-state index in [4.69, 9.17) is 0 Å². The number of likely N-dealkylation sites (tertiary alicyclic amines) is 1. The lowest BCUT2D eigenvalue weighted by Crippen LogP contribution is -2.45. The van der Waals surface area contributed by atoms with E-state index in [1.165, 1.54) is 5.56 Å². The first kappa shape index (κ1) is 18.2. The lowest BCUT2D eigenvalue weighted by molar-refractivity contribution is 0.101. The summed E-state index contributed by atoms with van der Waals surface area (Å²) in [6.07, 6.45) is 4.68. The molecule has 5 heteroatoms. The van der Waals surface area contributed by atoms with E-state index in [1.54, 1.807) is 0 Å². The van der Waals surface area contributed by atoms with Crippen molar-refractivity contribution in [2.45, 2.75) is 57.2 Å². The first-order chi connectivity index (χ1) is 12.1. The lowest BCUT2D eigenvalue weighted by Gasteiger charge is -2.26. The van der Waals surface area contributed by atoms with Gasteiger partial charge in [-0.05, 0) is 44.1 Å². The number of carbonyl (C=O) groups is 1. The largest absolute Gasteiger partial charge is 0.393 e. The third-order valence-electron chi connectivity index (χ3n) is 5.69. The second-order valence-corrected chi connectivity index (χ2v) is 7.61. The minimum Gasteiger partial charge on any atom is -0.393 e. The number of urea groups is 1. The monoisotopic (exact) mass is 345 g/mol. The number of nitrogens with zero attached hydrogens (tertiary/aromatic N) is 1. The van der Waals surface area contributed by atoms with Crippen molar-refractivity contribution in [3.05, 3.63) is 35.9 Å². The number of benzene rings is 1. The molecule has 0 aromatic heterocycles. The zero-order valence-electron chi connectivity index (χ0n) is 15.2. The Kier molecular flexibility index (Phi) is 6.32. The van der Waals surface area contributed by atoms with Gasteiger partial charge in [-0.15, -0.1) is 0 Å². The van der Waals surface area contributed by atoms with Crippen molar-refractivity contribution >= 4 is 6.03 Å². The van der Waals surface area contributed by atoms with Gasteiger partial charge in [-0.1, -0.05) is 36.8 Å². The normalized spacial score (nSPS) is 28.5. The van der Waals surface area contributed by atoms with E-state index >= 15 is 0 Å². The van der Waals surface area contributed by atoms with Crippen molar-refractivity contribution in [3.63, 3.8) is 0 Å². The van der Waals surface area contributed by atoms with Gasteiger partial charge in [0.05, 0.1) is 6.10 Å². The number of nitrogens with one attached hydrogen (secondary N) is 2. The molecule has 3 rings (SSSR count). The van der Waals surface area contributed by atoms with Gasteiger partial charge in [0.1, 0.15) is 0 Å². The number of aliphatic hydroxyl groups excluding tert-OH is 1. The SMILES string of the molecule is CC(c1ccccc1)N1CCC(NC(=O)NCC2CCCC(O)C2)C1. The van der Waals surface area contributed by atoms with Crippen LogP contribution in [0.3, 0.4) is 0 Å². The van der Waals surface area contributed by atoms with Crippen LogP contribution in [0.4, 0.5) is 4.79 Å². The third kappa shape index (κ3) is 5.19. The molecule has 0 bridgehead atoms. The predicted octanol–water partition coefficient (Wildman–Crippen LogP) is 2.67. The van der Waals surface area contributed by atoms with E-state index < -0.39 is 0 Å². The Morgan fingerprint density at radius 3 is 2.84 bits per heavy atom. The standard InChI is InChI=1S/C20H31N3O2/c1-15(17-7-3-2-4-8-17)23-11-10-18(14-23)22-20(25)21-13-16-6-5-9-19(24)12-16/h2-4,7-8,15-16,18-19,24H,5-6,9-14H2,1H3,(H2,21,22,25). The van der Waals surface area contributed by atoms with Crippen LogP contribution in [0.15, 0.2) is 30.3 Å². The Labute approximate surface area is 150 Å². The molecule has 1 aromatic rings. The Bertz CT molecular complexity index is 551. The van der Waals surface area contributed by atoms with Crippen molar-refractivity contribution < 1.29 is 9.90 Å². The maximum Gasteiger partial charge on any atom is 0.315 e. The Morgan fingerprint density at radius 1 is 1.28 bits per heavy atom. The van der Waals surface area contributed by atoms with Gasteiger partial charge in [-0.2, -0.15) is 0 Å². The topological polar surface area (TPSA) is 64.6 Å². The molecule has 5 nitrogen and oxygen atoms in total. The molecule has 4 unspecified atom stereocenters. The first-order valence-electron chi connectivity index (χ1n) is 9.63.